The molecule has 0 saturated carbocycles. The molecule has 0 aromatic heterocycles. The summed E-state index contributed by atoms with van der Waals surface area (Å²) < 4.78 is 37.1. The summed E-state index contributed by atoms with van der Waals surface area (Å²) in [6.45, 7) is 4.43. The number of carbonyl (C=O) groups excluding carboxylic acids is 5. The van der Waals surface area contributed by atoms with Crippen LogP contribution in [-0.4, -0.2) is 73.8 Å². The summed E-state index contributed by atoms with van der Waals surface area (Å²) >= 11 is 0. The van der Waals surface area contributed by atoms with Crippen LogP contribution in [0.5, 0.6) is 0 Å². The highest BCUT2D eigenvalue weighted by molar-refractivity contribution is 5.88. The molecule has 5 atom stereocenters. The Morgan fingerprint density at radius 1 is 0.906 bits per heavy atom. The molecule has 0 aromatic carbocycles. The fraction of sp³-hybridized carbons (Fsp3) is 0.650. The Morgan fingerprint density at radius 2 is 1.50 bits per heavy atom. The first-order valence-electron chi connectivity index (χ1n) is 9.90. The van der Waals surface area contributed by atoms with Crippen LogP contribution in [0.1, 0.15) is 40.5 Å². The topological polar surface area (TPSA) is 150 Å². The number of esters is 5. The molecule has 2 aliphatic heterocycles. The van der Waals surface area contributed by atoms with Crippen molar-refractivity contribution < 1.29 is 57.1 Å². The Balaban J connectivity index is 2.38. The minimum Gasteiger partial charge on any atom is -0.468 e. The van der Waals surface area contributed by atoms with Crippen LogP contribution >= 0.6 is 0 Å². The number of rotatable bonds is 7. The van der Waals surface area contributed by atoms with Crippen molar-refractivity contribution in [3.63, 3.8) is 0 Å². The van der Waals surface area contributed by atoms with Crippen molar-refractivity contribution >= 4 is 29.8 Å². The molecule has 2 saturated heterocycles. The Bertz CT molecular complexity index is 773. The van der Waals surface area contributed by atoms with Gasteiger partial charge in [-0.05, 0) is 12.8 Å². The molecule has 12 heteroatoms. The molecule has 12 nitrogen and oxygen atoms in total. The summed E-state index contributed by atoms with van der Waals surface area (Å²) in [7, 11) is 0. The van der Waals surface area contributed by atoms with Crippen molar-refractivity contribution in [3.05, 3.63) is 11.8 Å². The van der Waals surface area contributed by atoms with Crippen molar-refractivity contribution in [2.24, 2.45) is 0 Å². The maximum Gasteiger partial charge on any atom is 0.337 e. The van der Waals surface area contributed by atoms with E-state index in [1.54, 1.807) is 0 Å². The number of cyclic esters (lactones) is 1. The van der Waals surface area contributed by atoms with E-state index in [4.69, 9.17) is 33.2 Å². The van der Waals surface area contributed by atoms with Gasteiger partial charge in [-0.2, -0.15) is 0 Å². The summed E-state index contributed by atoms with van der Waals surface area (Å²) in [5, 5.41) is 0. The minimum absolute atomic E-state index is 0.226. The smallest absolute Gasteiger partial charge is 0.337 e. The van der Waals surface area contributed by atoms with Crippen LogP contribution < -0.4 is 0 Å². The molecule has 0 radical (unpaired) electrons. The zero-order valence-electron chi connectivity index (χ0n) is 18.2. The van der Waals surface area contributed by atoms with Crippen molar-refractivity contribution in [1.29, 1.82) is 0 Å². The van der Waals surface area contributed by atoms with Crippen LogP contribution in [0.25, 0.3) is 0 Å². The van der Waals surface area contributed by atoms with E-state index >= 15 is 0 Å². The predicted octanol–water partition coefficient (Wildman–Crippen LogP) is 0.307. The van der Waals surface area contributed by atoms with Gasteiger partial charge in [0.25, 0.3) is 0 Å². The fourth-order valence-electron chi connectivity index (χ4n) is 3.18. The normalized spacial score (nSPS) is 28.8. The van der Waals surface area contributed by atoms with E-state index in [0.717, 1.165) is 27.0 Å². The molecule has 0 unspecified atom stereocenters. The van der Waals surface area contributed by atoms with Gasteiger partial charge in [0.2, 0.25) is 12.4 Å². The van der Waals surface area contributed by atoms with E-state index in [1.165, 1.54) is 6.92 Å². The first-order chi connectivity index (χ1) is 15.1. The molecule has 2 fully saturated rings. The molecule has 0 aromatic rings. The second-order valence-corrected chi connectivity index (χ2v) is 7.09. The summed E-state index contributed by atoms with van der Waals surface area (Å²) in [5.41, 5.74) is 0.226. The SMILES string of the molecule is CC(=O)OC[C@H]1O[C@@H](O/C=C2\CCCOC2=O)[C@H](OC(C)=O)[C@@H](OC(C)=O)[C@@H]1OC(C)=O. The van der Waals surface area contributed by atoms with Gasteiger partial charge >= 0.3 is 29.8 Å². The molecule has 2 aliphatic rings. The molecule has 0 aliphatic carbocycles. The molecule has 2 rings (SSSR count). The average Bonchev–Trinajstić information content (AvgIpc) is 2.68. The van der Waals surface area contributed by atoms with Gasteiger partial charge in [-0.25, -0.2) is 4.79 Å². The predicted molar refractivity (Wildman–Crippen MR) is 101 cm³/mol. The van der Waals surface area contributed by atoms with Crippen LogP contribution in [0.2, 0.25) is 0 Å². The Labute approximate surface area is 184 Å². The van der Waals surface area contributed by atoms with Gasteiger partial charge in [0.05, 0.1) is 18.4 Å². The van der Waals surface area contributed by atoms with Gasteiger partial charge < -0.3 is 33.2 Å². The summed E-state index contributed by atoms with van der Waals surface area (Å²) in [6, 6.07) is 0. The number of hydrogen-bond acceptors (Lipinski definition) is 12. The van der Waals surface area contributed by atoms with Gasteiger partial charge in [-0.15, -0.1) is 0 Å². The molecular weight excluding hydrogens is 432 g/mol. The minimum atomic E-state index is -1.39. The standard InChI is InChI=1S/C20H26O12/c1-10(21)27-9-15-16(29-11(2)22)17(30-12(3)23)18(31-13(4)24)20(32-15)28-8-14-6-5-7-26-19(14)25/h8,15-18,20H,5-7,9H2,1-4H3/b14-8+/t15-,16-,17+,18-,20-/m1/s1. The molecule has 0 amide bonds. The maximum absolute atomic E-state index is 11.9. The lowest BCUT2D eigenvalue weighted by atomic mass is 9.98. The van der Waals surface area contributed by atoms with Gasteiger partial charge in [-0.3, -0.25) is 19.2 Å². The third-order valence-corrected chi connectivity index (χ3v) is 4.38. The highest BCUT2D eigenvalue weighted by atomic mass is 16.7. The van der Waals surface area contributed by atoms with Crippen LogP contribution in [-0.2, 0) is 57.1 Å². The number of ether oxygens (including phenoxy) is 7. The first-order valence-corrected chi connectivity index (χ1v) is 9.90. The van der Waals surface area contributed by atoms with E-state index < -0.39 is 60.6 Å². The van der Waals surface area contributed by atoms with Crippen molar-refractivity contribution in [2.75, 3.05) is 13.2 Å². The number of hydrogen-bond donors (Lipinski definition) is 0. The Hall–Kier alpha value is -3.15. The quantitative estimate of drug-likeness (QED) is 0.223. The zero-order valence-corrected chi connectivity index (χ0v) is 18.2. The summed E-state index contributed by atoms with van der Waals surface area (Å²) in [6.07, 6.45) is -4.43. The largest absolute Gasteiger partial charge is 0.468 e. The van der Waals surface area contributed by atoms with Gasteiger partial charge in [0.15, 0.2) is 12.2 Å². The van der Waals surface area contributed by atoms with Crippen LogP contribution in [0.3, 0.4) is 0 Å². The van der Waals surface area contributed by atoms with Gasteiger partial charge in [0.1, 0.15) is 12.7 Å². The van der Waals surface area contributed by atoms with E-state index in [9.17, 15) is 24.0 Å². The molecule has 0 N–H and O–H groups in total. The highest BCUT2D eigenvalue weighted by Gasteiger charge is 2.53. The lowest BCUT2D eigenvalue weighted by molar-refractivity contribution is -0.297. The average molecular weight is 458 g/mol. The van der Waals surface area contributed by atoms with Crippen LogP contribution in [0.15, 0.2) is 11.8 Å². The summed E-state index contributed by atoms with van der Waals surface area (Å²) in [4.78, 5) is 58.3. The van der Waals surface area contributed by atoms with E-state index in [-0.39, 0.29) is 18.8 Å². The monoisotopic (exact) mass is 458 g/mol. The maximum atomic E-state index is 11.9. The molecule has 178 valence electrons. The second-order valence-electron chi connectivity index (χ2n) is 7.09. The highest BCUT2D eigenvalue weighted by Crippen LogP contribution is 2.30. The molecule has 0 bridgehead atoms. The second kappa shape index (κ2) is 11.5. The van der Waals surface area contributed by atoms with E-state index in [2.05, 4.69) is 0 Å². The van der Waals surface area contributed by atoms with E-state index in [0.29, 0.717) is 12.8 Å². The lowest BCUT2D eigenvalue weighted by Gasteiger charge is -2.43. The molecule has 2 heterocycles. The first kappa shape index (κ1) is 25.1. The van der Waals surface area contributed by atoms with Gasteiger partial charge in [-0.1, -0.05) is 0 Å². The van der Waals surface area contributed by atoms with E-state index in [1.807, 2.05) is 0 Å². The molecule has 32 heavy (non-hydrogen) atoms. The summed E-state index contributed by atoms with van der Waals surface area (Å²) in [5.74, 6) is -3.45. The zero-order chi connectivity index (χ0) is 23.8. The van der Waals surface area contributed by atoms with Crippen molar-refractivity contribution in [1.82, 2.24) is 0 Å². The number of carbonyl (C=O) groups is 5. The Kier molecular flexibility index (Phi) is 9.00. The fourth-order valence-corrected chi connectivity index (χ4v) is 3.18. The van der Waals surface area contributed by atoms with Crippen molar-refractivity contribution in [2.45, 2.75) is 71.2 Å². The van der Waals surface area contributed by atoms with Crippen molar-refractivity contribution in [3.8, 4) is 0 Å². The van der Waals surface area contributed by atoms with Crippen LogP contribution in [0, 0.1) is 0 Å². The van der Waals surface area contributed by atoms with Crippen LogP contribution in [0.4, 0.5) is 0 Å². The lowest BCUT2D eigenvalue weighted by Crippen LogP contribution is -2.62. The van der Waals surface area contributed by atoms with Gasteiger partial charge in [0, 0.05) is 27.7 Å². The molecular formula is C20H26O12. The third-order valence-electron chi connectivity index (χ3n) is 4.38. The Morgan fingerprint density at radius 3 is 2.06 bits per heavy atom. The molecule has 0 spiro atoms. The third kappa shape index (κ3) is 7.22.